The first-order valence-corrected chi connectivity index (χ1v) is 6.17. The Balaban J connectivity index is 2.18. The van der Waals surface area contributed by atoms with Gasteiger partial charge in [-0.2, -0.15) is 0 Å². The van der Waals surface area contributed by atoms with E-state index in [0.29, 0.717) is 12.2 Å². The molecule has 2 rings (SSSR count). The fourth-order valence-electron chi connectivity index (χ4n) is 2.08. The predicted molar refractivity (Wildman–Crippen MR) is 73.8 cm³/mol. The number of benzene rings is 1. The van der Waals surface area contributed by atoms with Gasteiger partial charge in [-0.15, -0.1) is 0 Å². The van der Waals surface area contributed by atoms with Gasteiger partial charge in [0.15, 0.2) is 0 Å². The van der Waals surface area contributed by atoms with E-state index in [-0.39, 0.29) is 29.1 Å². The summed E-state index contributed by atoms with van der Waals surface area (Å²) in [5, 5.41) is 11.8. The zero-order chi connectivity index (χ0) is 14.7. The molecule has 0 aliphatic heterocycles. The second-order valence-electron chi connectivity index (χ2n) is 4.60. The number of nitrogens with two attached hydrogens (primary N) is 1. The summed E-state index contributed by atoms with van der Waals surface area (Å²) >= 11 is 0. The van der Waals surface area contributed by atoms with E-state index in [1.165, 1.54) is 19.2 Å². The van der Waals surface area contributed by atoms with Gasteiger partial charge in [0.2, 0.25) is 5.91 Å². The summed E-state index contributed by atoms with van der Waals surface area (Å²) in [4.78, 5) is 23.3. The van der Waals surface area contributed by atoms with E-state index < -0.39 is 5.97 Å². The van der Waals surface area contributed by atoms with Crippen LogP contribution in [0, 0.1) is 5.92 Å². The van der Waals surface area contributed by atoms with Gasteiger partial charge < -0.3 is 20.9 Å². The van der Waals surface area contributed by atoms with Crippen molar-refractivity contribution in [3.05, 3.63) is 35.9 Å². The molecule has 0 spiro atoms. The number of rotatable bonds is 4. The van der Waals surface area contributed by atoms with Crippen LogP contribution in [0.25, 0.3) is 0 Å². The average molecular weight is 276 g/mol. The summed E-state index contributed by atoms with van der Waals surface area (Å²) in [6.45, 7) is 0. The Morgan fingerprint density at radius 1 is 1.40 bits per heavy atom. The van der Waals surface area contributed by atoms with Crippen molar-refractivity contribution < 1.29 is 19.4 Å². The number of carbonyl (C=O) groups excluding carboxylic acids is 1. The van der Waals surface area contributed by atoms with Gasteiger partial charge in [-0.25, -0.2) is 4.79 Å². The molecule has 4 N–H and O–H groups in total. The lowest BCUT2D eigenvalue weighted by molar-refractivity contribution is -0.118. The summed E-state index contributed by atoms with van der Waals surface area (Å²) < 4.78 is 4.98. The monoisotopic (exact) mass is 276 g/mol. The maximum atomic E-state index is 12.0. The van der Waals surface area contributed by atoms with Crippen LogP contribution in [0.5, 0.6) is 5.75 Å². The van der Waals surface area contributed by atoms with Gasteiger partial charge in [-0.1, -0.05) is 12.2 Å². The highest BCUT2D eigenvalue weighted by atomic mass is 16.5. The smallest absolute Gasteiger partial charge is 0.337 e. The standard InChI is InChI=1S/C14H16N2O4/c1-20-10-4-5-12(11(7-10)14(18)19)16-13(17)8-2-3-9(15)6-8/h2-5,7-9H,6,15H2,1H3,(H,16,17)(H,18,19). The molecule has 0 bridgehead atoms. The van der Waals surface area contributed by atoms with Gasteiger partial charge in [0.1, 0.15) is 5.75 Å². The highest BCUT2D eigenvalue weighted by molar-refractivity contribution is 6.02. The van der Waals surface area contributed by atoms with Crippen molar-refractivity contribution in [3.63, 3.8) is 0 Å². The predicted octanol–water partition coefficient (Wildman–Crippen LogP) is 1.24. The van der Waals surface area contributed by atoms with Gasteiger partial charge in [0.25, 0.3) is 0 Å². The second-order valence-corrected chi connectivity index (χ2v) is 4.60. The maximum Gasteiger partial charge on any atom is 0.337 e. The molecule has 1 aliphatic carbocycles. The van der Waals surface area contributed by atoms with Crippen molar-refractivity contribution in [2.45, 2.75) is 12.5 Å². The number of hydrogen-bond acceptors (Lipinski definition) is 4. The molecule has 6 heteroatoms. The molecule has 0 aromatic heterocycles. The Labute approximate surface area is 116 Å². The Morgan fingerprint density at radius 3 is 2.70 bits per heavy atom. The minimum atomic E-state index is -1.13. The Morgan fingerprint density at radius 2 is 2.15 bits per heavy atom. The lowest BCUT2D eigenvalue weighted by Gasteiger charge is -2.13. The summed E-state index contributed by atoms with van der Waals surface area (Å²) in [5.74, 6) is -1.29. The third-order valence-electron chi connectivity index (χ3n) is 3.17. The lowest BCUT2D eigenvalue weighted by Crippen LogP contribution is -2.24. The van der Waals surface area contributed by atoms with Gasteiger partial charge in [-0.05, 0) is 24.6 Å². The average Bonchev–Trinajstić information content (AvgIpc) is 2.85. The van der Waals surface area contributed by atoms with Gasteiger partial charge in [0, 0.05) is 6.04 Å². The highest BCUT2D eigenvalue weighted by Gasteiger charge is 2.24. The van der Waals surface area contributed by atoms with Crippen molar-refractivity contribution in [1.29, 1.82) is 0 Å². The normalized spacial score (nSPS) is 20.7. The topological polar surface area (TPSA) is 102 Å². The number of carbonyl (C=O) groups is 2. The number of amides is 1. The molecular formula is C14H16N2O4. The molecule has 0 radical (unpaired) electrons. The van der Waals surface area contributed by atoms with Crippen LogP contribution in [0.1, 0.15) is 16.8 Å². The molecule has 20 heavy (non-hydrogen) atoms. The summed E-state index contributed by atoms with van der Waals surface area (Å²) in [5.41, 5.74) is 5.93. The first-order chi connectivity index (χ1) is 9.51. The number of methoxy groups -OCH3 is 1. The second kappa shape index (κ2) is 5.75. The van der Waals surface area contributed by atoms with Crippen LogP contribution in [0.15, 0.2) is 30.4 Å². The molecule has 2 atom stereocenters. The number of carboxylic acid groups (broad SMARTS) is 1. The van der Waals surface area contributed by atoms with Gasteiger partial charge in [0.05, 0.1) is 24.3 Å². The Bertz CT molecular complexity index is 568. The molecule has 0 saturated heterocycles. The molecule has 106 valence electrons. The Hall–Kier alpha value is -2.34. The lowest BCUT2D eigenvalue weighted by atomic mass is 10.1. The van der Waals surface area contributed by atoms with Crippen LogP contribution in [0.4, 0.5) is 5.69 Å². The third-order valence-corrected chi connectivity index (χ3v) is 3.17. The molecule has 0 heterocycles. The minimum absolute atomic E-state index is 0.0102. The van der Waals surface area contributed by atoms with Crippen molar-refractivity contribution in [2.75, 3.05) is 12.4 Å². The summed E-state index contributed by atoms with van der Waals surface area (Å²) in [6.07, 6.45) is 4.05. The van der Waals surface area contributed by atoms with Gasteiger partial charge >= 0.3 is 5.97 Å². The molecule has 1 aromatic carbocycles. The summed E-state index contributed by atoms with van der Waals surface area (Å²) in [6, 6.07) is 4.35. The molecule has 0 saturated carbocycles. The summed E-state index contributed by atoms with van der Waals surface area (Å²) in [7, 11) is 1.45. The van der Waals surface area contributed by atoms with Crippen LogP contribution in [-0.2, 0) is 4.79 Å². The van der Waals surface area contributed by atoms with E-state index in [1.807, 2.05) is 0 Å². The number of nitrogens with one attached hydrogen (secondary N) is 1. The SMILES string of the molecule is COc1ccc(NC(=O)C2C=CC(N)C2)c(C(=O)O)c1. The molecule has 2 unspecified atom stereocenters. The number of hydrogen-bond donors (Lipinski definition) is 3. The van der Waals surface area contributed by atoms with Crippen LogP contribution < -0.4 is 15.8 Å². The van der Waals surface area contributed by atoms with Crippen molar-refractivity contribution in [3.8, 4) is 5.75 Å². The van der Waals surface area contributed by atoms with Crippen molar-refractivity contribution >= 4 is 17.6 Å². The van der Waals surface area contributed by atoms with E-state index in [4.69, 9.17) is 15.6 Å². The highest BCUT2D eigenvalue weighted by Crippen LogP contribution is 2.24. The molecule has 1 aromatic rings. The fraction of sp³-hybridized carbons (Fsp3) is 0.286. The van der Waals surface area contributed by atoms with Crippen LogP contribution in [0.3, 0.4) is 0 Å². The Kier molecular flexibility index (Phi) is 4.05. The first kappa shape index (κ1) is 14.1. The van der Waals surface area contributed by atoms with E-state index >= 15 is 0 Å². The van der Waals surface area contributed by atoms with Crippen molar-refractivity contribution in [1.82, 2.24) is 0 Å². The number of ether oxygens (including phenoxy) is 1. The zero-order valence-electron chi connectivity index (χ0n) is 11.0. The van der Waals surface area contributed by atoms with Crippen molar-refractivity contribution in [2.24, 2.45) is 11.7 Å². The molecular weight excluding hydrogens is 260 g/mol. The zero-order valence-corrected chi connectivity index (χ0v) is 11.0. The van der Waals surface area contributed by atoms with Crippen LogP contribution in [0.2, 0.25) is 0 Å². The van der Waals surface area contributed by atoms with E-state index in [2.05, 4.69) is 5.32 Å². The van der Waals surface area contributed by atoms with Crippen LogP contribution >= 0.6 is 0 Å². The molecule has 0 fully saturated rings. The number of carboxylic acids is 1. The van der Waals surface area contributed by atoms with Gasteiger partial charge in [-0.3, -0.25) is 4.79 Å². The van der Waals surface area contributed by atoms with E-state index in [0.717, 1.165) is 0 Å². The largest absolute Gasteiger partial charge is 0.497 e. The fourth-order valence-corrected chi connectivity index (χ4v) is 2.08. The molecule has 1 aliphatic rings. The van der Waals surface area contributed by atoms with Crippen LogP contribution in [-0.4, -0.2) is 30.1 Å². The number of anilines is 1. The quantitative estimate of drug-likeness (QED) is 0.718. The molecule has 6 nitrogen and oxygen atoms in total. The molecule has 1 amide bonds. The third kappa shape index (κ3) is 2.97. The minimum Gasteiger partial charge on any atom is -0.497 e. The van der Waals surface area contributed by atoms with E-state index in [1.54, 1.807) is 18.2 Å². The first-order valence-electron chi connectivity index (χ1n) is 6.17. The maximum absolute atomic E-state index is 12.0. The van der Waals surface area contributed by atoms with E-state index in [9.17, 15) is 9.59 Å². The number of aromatic carboxylic acids is 1.